The van der Waals surface area contributed by atoms with Crippen LogP contribution in [0.4, 0.5) is 14.5 Å². The van der Waals surface area contributed by atoms with Crippen LogP contribution in [0.15, 0.2) is 30.3 Å². The first-order chi connectivity index (χ1) is 12.9. The van der Waals surface area contributed by atoms with Gasteiger partial charge in [0.15, 0.2) is 17.4 Å². The number of anilines is 1. The van der Waals surface area contributed by atoms with Crippen LogP contribution in [0.25, 0.3) is 16.7 Å². The molecule has 7 heteroatoms. The standard InChI is InChI=1S/C20H22F2N4O/c1-20(2)8-10-25(11-9-20)13-4-6-14(7-5-13)26-18-16(23-24-26)12-15(21)19(27-3)17(18)22/h4-7,12H,8-11H2,1-3H3. The van der Waals surface area contributed by atoms with E-state index >= 15 is 0 Å². The monoisotopic (exact) mass is 372 g/mol. The van der Waals surface area contributed by atoms with Crippen molar-refractivity contribution in [3.8, 4) is 11.4 Å². The van der Waals surface area contributed by atoms with Crippen molar-refractivity contribution in [2.45, 2.75) is 26.7 Å². The third-order valence-electron chi connectivity index (χ3n) is 5.36. The summed E-state index contributed by atoms with van der Waals surface area (Å²) in [7, 11) is 1.23. The summed E-state index contributed by atoms with van der Waals surface area (Å²) in [5.74, 6) is -2.03. The Morgan fingerprint density at radius 2 is 1.67 bits per heavy atom. The van der Waals surface area contributed by atoms with Crippen molar-refractivity contribution < 1.29 is 13.5 Å². The minimum atomic E-state index is -0.806. The molecule has 4 rings (SSSR count). The molecule has 0 radical (unpaired) electrons. The Balaban J connectivity index is 1.67. The van der Waals surface area contributed by atoms with Gasteiger partial charge >= 0.3 is 0 Å². The summed E-state index contributed by atoms with van der Waals surface area (Å²) in [5.41, 5.74) is 2.42. The van der Waals surface area contributed by atoms with Crippen molar-refractivity contribution in [2.75, 3.05) is 25.1 Å². The smallest absolute Gasteiger partial charge is 0.196 e. The van der Waals surface area contributed by atoms with Gasteiger partial charge in [-0.1, -0.05) is 19.1 Å². The topological polar surface area (TPSA) is 43.2 Å². The summed E-state index contributed by atoms with van der Waals surface area (Å²) < 4.78 is 34.7. The van der Waals surface area contributed by atoms with Gasteiger partial charge in [0.25, 0.3) is 0 Å². The number of methoxy groups -OCH3 is 1. The van der Waals surface area contributed by atoms with Gasteiger partial charge in [0.05, 0.1) is 12.8 Å². The van der Waals surface area contributed by atoms with Crippen molar-refractivity contribution in [3.63, 3.8) is 0 Å². The number of halogens is 2. The summed E-state index contributed by atoms with van der Waals surface area (Å²) in [6.07, 6.45) is 2.30. The van der Waals surface area contributed by atoms with Crippen LogP contribution in [0.1, 0.15) is 26.7 Å². The van der Waals surface area contributed by atoms with E-state index in [1.807, 2.05) is 24.3 Å². The molecule has 2 heterocycles. The fourth-order valence-corrected chi connectivity index (χ4v) is 3.54. The maximum absolute atomic E-state index is 14.7. The number of fused-ring (bicyclic) bond motifs is 1. The predicted octanol–water partition coefficient (Wildman–Crippen LogP) is 4.33. The first-order valence-corrected chi connectivity index (χ1v) is 9.02. The molecule has 27 heavy (non-hydrogen) atoms. The number of aromatic nitrogens is 3. The molecule has 142 valence electrons. The summed E-state index contributed by atoms with van der Waals surface area (Å²) in [6.45, 7) is 6.64. The Labute approximate surface area is 156 Å². The molecule has 0 amide bonds. The highest BCUT2D eigenvalue weighted by Gasteiger charge is 2.25. The van der Waals surface area contributed by atoms with Crippen LogP contribution < -0.4 is 9.64 Å². The van der Waals surface area contributed by atoms with Gasteiger partial charge in [0.2, 0.25) is 0 Å². The zero-order valence-electron chi connectivity index (χ0n) is 15.7. The Hall–Kier alpha value is -2.70. The molecule has 0 aliphatic carbocycles. The van der Waals surface area contributed by atoms with Crippen molar-refractivity contribution in [1.82, 2.24) is 15.0 Å². The van der Waals surface area contributed by atoms with Gasteiger partial charge in [-0.15, -0.1) is 5.10 Å². The summed E-state index contributed by atoms with van der Waals surface area (Å²) >= 11 is 0. The van der Waals surface area contributed by atoms with Crippen LogP contribution in [0.2, 0.25) is 0 Å². The number of hydrogen-bond acceptors (Lipinski definition) is 4. The number of rotatable bonds is 3. The highest BCUT2D eigenvalue weighted by molar-refractivity contribution is 5.79. The Morgan fingerprint density at radius 3 is 2.30 bits per heavy atom. The number of ether oxygens (including phenoxy) is 1. The Bertz CT molecular complexity index is 972. The molecular formula is C20H22F2N4O. The van der Waals surface area contributed by atoms with E-state index in [9.17, 15) is 8.78 Å². The van der Waals surface area contributed by atoms with E-state index in [4.69, 9.17) is 4.74 Å². The van der Waals surface area contributed by atoms with Gasteiger partial charge < -0.3 is 9.64 Å². The normalized spacial score (nSPS) is 16.7. The highest BCUT2D eigenvalue weighted by atomic mass is 19.1. The van der Waals surface area contributed by atoms with E-state index in [2.05, 4.69) is 29.1 Å². The van der Waals surface area contributed by atoms with Crippen LogP contribution in [0.5, 0.6) is 5.75 Å². The fraction of sp³-hybridized carbons (Fsp3) is 0.400. The zero-order valence-corrected chi connectivity index (χ0v) is 15.7. The molecule has 0 N–H and O–H groups in total. The maximum atomic E-state index is 14.7. The third kappa shape index (κ3) is 3.11. The SMILES string of the molecule is COc1c(F)cc2nnn(-c3ccc(N4CCC(C)(C)CC4)cc3)c2c1F. The van der Waals surface area contributed by atoms with Gasteiger partial charge in [-0.2, -0.15) is 0 Å². The van der Waals surface area contributed by atoms with Crippen LogP contribution in [-0.2, 0) is 0 Å². The molecule has 1 fully saturated rings. The van der Waals surface area contributed by atoms with E-state index in [0.717, 1.165) is 37.7 Å². The van der Waals surface area contributed by atoms with Crippen LogP contribution in [0, 0.1) is 17.0 Å². The maximum Gasteiger partial charge on any atom is 0.196 e. The first kappa shape index (κ1) is 17.7. The second-order valence-corrected chi connectivity index (χ2v) is 7.74. The van der Waals surface area contributed by atoms with E-state index in [1.54, 1.807) is 0 Å². The molecular weight excluding hydrogens is 350 g/mol. The Kier molecular flexibility index (Phi) is 4.25. The van der Waals surface area contributed by atoms with Gasteiger partial charge in [-0.3, -0.25) is 0 Å². The van der Waals surface area contributed by atoms with Crippen LogP contribution in [0.3, 0.4) is 0 Å². The molecule has 1 saturated heterocycles. The molecule has 1 aliphatic heterocycles. The lowest BCUT2D eigenvalue weighted by Crippen LogP contribution is -2.37. The van der Waals surface area contributed by atoms with Gasteiger partial charge in [0.1, 0.15) is 11.0 Å². The molecule has 0 atom stereocenters. The third-order valence-corrected chi connectivity index (χ3v) is 5.36. The molecule has 0 unspecified atom stereocenters. The minimum Gasteiger partial charge on any atom is -0.491 e. The van der Waals surface area contributed by atoms with Crippen LogP contribution >= 0.6 is 0 Å². The van der Waals surface area contributed by atoms with Gasteiger partial charge in [0, 0.05) is 24.8 Å². The number of piperidine rings is 1. The number of benzene rings is 2. The average Bonchev–Trinajstić information content (AvgIpc) is 3.06. The molecule has 1 aliphatic rings. The molecule has 0 spiro atoms. The second-order valence-electron chi connectivity index (χ2n) is 7.74. The second kappa shape index (κ2) is 6.48. The van der Waals surface area contributed by atoms with Crippen molar-refractivity contribution in [3.05, 3.63) is 42.0 Å². The van der Waals surface area contributed by atoms with Crippen molar-refractivity contribution >= 4 is 16.7 Å². The minimum absolute atomic E-state index is 0.0979. The average molecular weight is 372 g/mol. The van der Waals surface area contributed by atoms with Gasteiger partial charge in [-0.05, 0) is 42.5 Å². The highest BCUT2D eigenvalue weighted by Crippen LogP contribution is 2.33. The molecule has 0 saturated carbocycles. The van der Waals surface area contributed by atoms with Crippen molar-refractivity contribution in [2.24, 2.45) is 5.41 Å². The quantitative estimate of drug-likeness (QED) is 0.686. The lowest BCUT2D eigenvalue weighted by atomic mass is 9.82. The molecule has 2 aromatic carbocycles. The Morgan fingerprint density at radius 1 is 1.04 bits per heavy atom. The van der Waals surface area contributed by atoms with Crippen molar-refractivity contribution in [1.29, 1.82) is 0 Å². The first-order valence-electron chi connectivity index (χ1n) is 9.02. The number of nitrogens with zero attached hydrogens (tertiary/aromatic N) is 4. The van der Waals surface area contributed by atoms with E-state index < -0.39 is 17.4 Å². The van der Waals surface area contributed by atoms with E-state index in [-0.39, 0.29) is 11.0 Å². The van der Waals surface area contributed by atoms with E-state index in [0.29, 0.717) is 11.1 Å². The molecule has 3 aromatic rings. The molecule has 1 aromatic heterocycles. The lowest BCUT2D eigenvalue weighted by molar-refractivity contribution is 0.280. The molecule has 0 bridgehead atoms. The number of hydrogen-bond donors (Lipinski definition) is 0. The predicted molar refractivity (Wildman–Crippen MR) is 101 cm³/mol. The fourth-order valence-electron chi connectivity index (χ4n) is 3.54. The summed E-state index contributed by atoms with van der Waals surface area (Å²) in [6, 6.07) is 8.88. The largest absolute Gasteiger partial charge is 0.491 e. The summed E-state index contributed by atoms with van der Waals surface area (Å²) in [5, 5.41) is 7.88. The lowest BCUT2D eigenvalue weighted by Gasteiger charge is -2.38. The van der Waals surface area contributed by atoms with Crippen LogP contribution in [-0.4, -0.2) is 35.2 Å². The van der Waals surface area contributed by atoms with E-state index in [1.165, 1.54) is 11.8 Å². The summed E-state index contributed by atoms with van der Waals surface area (Å²) in [4.78, 5) is 2.35. The molecule has 5 nitrogen and oxygen atoms in total. The van der Waals surface area contributed by atoms with Gasteiger partial charge in [-0.25, -0.2) is 13.5 Å². The zero-order chi connectivity index (χ0) is 19.2.